The molecular weight excluding hydrogens is 214 g/mol. The van der Waals surface area contributed by atoms with Gasteiger partial charge in [0.1, 0.15) is 0 Å². The van der Waals surface area contributed by atoms with E-state index < -0.39 is 5.97 Å². The van der Waals surface area contributed by atoms with Crippen molar-refractivity contribution in [3.63, 3.8) is 0 Å². The van der Waals surface area contributed by atoms with Crippen molar-refractivity contribution < 1.29 is 9.90 Å². The average Bonchev–Trinajstić information content (AvgIpc) is 2.15. The number of hydrogen-bond donors (Lipinski definition) is 2. The van der Waals surface area contributed by atoms with E-state index in [0.29, 0.717) is 5.02 Å². The van der Waals surface area contributed by atoms with Crippen LogP contribution in [0.2, 0.25) is 5.02 Å². The van der Waals surface area contributed by atoms with Crippen LogP contribution in [-0.2, 0) is 6.42 Å². The molecule has 0 radical (unpaired) electrons. The number of rotatable bonds is 4. The zero-order valence-corrected chi connectivity index (χ0v) is 9.55. The highest BCUT2D eigenvalue weighted by atomic mass is 35.5. The minimum absolute atomic E-state index is 0. The Kier molecular flexibility index (Phi) is 5.97. The van der Waals surface area contributed by atoms with Crippen molar-refractivity contribution in [3.8, 4) is 0 Å². The SMILES string of the molecule is CCCCc1ccc(C(=O)O)cc1Cl.N. The van der Waals surface area contributed by atoms with Crippen LogP contribution in [0.25, 0.3) is 0 Å². The molecule has 0 amide bonds. The second-order valence-electron chi connectivity index (χ2n) is 3.21. The number of carbonyl (C=O) groups is 1. The number of carboxylic acids is 1. The fourth-order valence-corrected chi connectivity index (χ4v) is 1.53. The van der Waals surface area contributed by atoms with E-state index in [1.807, 2.05) is 0 Å². The quantitative estimate of drug-likeness (QED) is 0.830. The number of carboxylic acid groups (broad SMARTS) is 1. The van der Waals surface area contributed by atoms with Crippen molar-refractivity contribution in [1.82, 2.24) is 6.15 Å². The van der Waals surface area contributed by atoms with Gasteiger partial charge in [-0.05, 0) is 30.5 Å². The van der Waals surface area contributed by atoms with Gasteiger partial charge in [0.25, 0.3) is 0 Å². The van der Waals surface area contributed by atoms with E-state index in [2.05, 4.69) is 6.92 Å². The monoisotopic (exact) mass is 229 g/mol. The average molecular weight is 230 g/mol. The lowest BCUT2D eigenvalue weighted by atomic mass is 10.1. The highest BCUT2D eigenvalue weighted by molar-refractivity contribution is 6.31. The minimum Gasteiger partial charge on any atom is -0.478 e. The van der Waals surface area contributed by atoms with Crippen LogP contribution in [0.15, 0.2) is 18.2 Å². The first-order valence-electron chi connectivity index (χ1n) is 4.67. The van der Waals surface area contributed by atoms with E-state index in [1.54, 1.807) is 12.1 Å². The molecule has 0 unspecified atom stereocenters. The maximum Gasteiger partial charge on any atom is 0.335 e. The molecule has 0 aromatic heterocycles. The highest BCUT2D eigenvalue weighted by Gasteiger charge is 2.06. The van der Waals surface area contributed by atoms with Crippen LogP contribution in [0.5, 0.6) is 0 Å². The normalized spacial score (nSPS) is 9.47. The van der Waals surface area contributed by atoms with Crippen LogP contribution >= 0.6 is 11.6 Å². The number of benzene rings is 1. The van der Waals surface area contributed by atoms with Gasteiger partial charge in [0.15, 0.2) is 0 Å². The minimum atomic E-state index is -0.936. The van der Waals surface area contributed by atoms with Crippen LogP contribution in [0.1, 0.15) is 35.7 Å². The summed E-state index contributed by atoms with van der Waals surface area (Å²) in [4.78, 5) is 10.6. The Morgan fingerprint density at radius 3 is 2.60 bits per heavy atom. The molecular formula is C11H16ClNO2. The standard InChI is InChI=1S/C11H13ClO2.H3N/c1-2-3-4-8-5-6-9(11(13)14)7-10(8)12;/h5-7H,2-4H2,1H3,(H,13,14);1H3. The summed E-state index contributed by atoms with van der Waals surface area (Å²) in [7, 11) is 0. The van der Waals surface area contributed by atoms with Crippen molar-refractivity contribution in [2.75, 3.05) is 0 Å². The lowest BCUT2D eigenvalue weighted by molar-refractivity contribution is 0.0697. The van der Waals surface area contributed by atoms with Crippen molar-refractivity contribution in [1.29, 1.82) is 0 Å². The third-order valence-corrected chi connectivity index (χ3v) is 2.45. The molecule has 4 N–H and O–H groups in total. The number of hydrogen-bond acceptors (Lipinski definition) is 2. The van der Waals surface area contributed by atoms with Crippen molar-refractivity contribution in [2.24, 2.45) is 0 Å². The molecule has 0 aliphatic heterocycles. The summed E-state index contributed by atoms with van der Waals surface area (Å²) >= 11 is 5.95. The van der Waals surface area contributed by atoms with E-state index in [0.717, 1.165) is 24.8 Å². The molecule has 15 heavy (non-hydrogen) atoms. The maximum absolute atomic E-state index is 10.6. The molecule has 0 fully saturated rings. The van der Waals surface area contributed by atoms with Crippen molar-refractivity contribution in [2.45, 2.75) is 26.2 Å². The summed E-state index contributed by atoms with van der Waals surface area (Å²) in [5, 5.41) is 9.27. The fourth-order valence-electron chi connectivity index (χ4n) is 1.25. The second kappa shape index (κ2) is 6.43. The van der Waals surface area contributed by atoms with Crippen LogP contribution in [0.4, 0.5) is 0 Å². The molecule has 0 bridgehead atoms. The maximum atomic E-state index is 10.6. The Labute approximate surface area is 94.7 Å². The Hall–Kier alpha value is -1.06. The van der Waals surface area contributed by atoms with E-state index in [4.69, 9.17) is 16.7 Å². The van der Waals surface area contributed by atoms with Gasteiger partial charge in [0.2, 0.25) is 0 Å². The smallest absolute Gasteiger partial charge is 0.335 e. The zero-order valence-electron chi connectivity index (χ0n) is 8.79. The molecule has 4 heteroatoms. The van der Waals surface area contributed by atoms with Crippen molar-refractivity contribution >= 4 is 17.6 Å². The summed E-state index contributed by atoms with van der Waals surface area (Å²) in [6, 6.07) is 4.90. The molecule has 0 aliphatic carbocycles. The summed E-state index contributed by atoms with van der Waals surface area (Å²) in [5.74, 6) is -0.936. The third-order valence-electron chi connectivity index (χ3n) is 2.10. The van der Waals surface area contributed by atoms with E-state index in [-0.39, 0.29) is 11.7 Å². The summed E-state index contributed by atoms with van der Waals surface area (Å²) < 4.78 is 0. The van der Waals surface area contributed by atoms with Gasteiger partial charge in [0, 0.05) is 5.02 Å². The van der Waals surface area contributed by atoms with Gasteiger partial charge in [-0.15, -0.1) is 0 Å². The van der Waals surface area contributed by atoms with Crippen LogP contribution in [0.3, 0.4) is 0 Å². The van der Waals surface area contributed by atoms with Gasteiger partial charge in [-0.3, -0.25) is 0 Å². The second-order valence-corrected chi connectivity index (χ2v) is 3.62. The molecule has 0 atom stereocenters. The first-order chi connectivity index (χ1) is 6.65. The number of aromatic carboxylic acids is 1. The Morgan fingerprint density at radius 1 is 1.47 bits per heavy atom. The van der Waals surface area contributed by atoms with E-state index >= 15 is 0 Å². The Bertz CT molecular complexity index is 339. The van der Waals surface area contributed by atoms with E-state index in [9.17, 15) is 4.79 Å². The van der Waals surface area contributed by atoms with Gasteiger partial charge in [0.05, 0.1) is 5.56 Å². The Morgan fingerprint density at radius 2 is 2.13 bits per heavy atom. The molecule has 1 aromatic rings. The number of halogens is 1. The van der Waals surface area contributed by atoms with Crippen molar-refractivity contribution in [3.05, 3.63) is 34.3 Å². The number of aryl methyl sites for hydroxylation is 1. The Balaban J connectivity index is 0.00000196. The molecule has 0 spiro atoms. The molecule has 1 rings (SSSR count). The molecule has 0 saturated carbocycles. The van der Waals surface area contributed by atoms with Gasteiger partial charge < -0.3 is 11.3 Å². The van der Waals surface area contributed by atoms with Crippen LogP contribution in [0, 0.1) is 0 Å². The molecule has 0 saturated heterocycles. The fraction of sp³-hybridized carbons (Fsp3) is 0.364. The molecule has 0 aliphatic rings. The summed E-state index contributed by atoms with van der Waals surface area (Å²) in [6.07, 6.45) is 3.10. The predicted molar refractivity (Wildman–Crippen MR) is 62.0 cm³/mol. The number of unbranched alkanes of at least 4 members (excludes halogenated alkanes) is 1. The van der Waals surface area contributed by atoms with E-state index in [1.165, 1.54) is 6.07 Å². The largest absolute Gasteiger partial charge is 0.478 e. The lowest BCUT2D eigenvalue weighted by Crippen LogP contribution is -1.97. The van der Waals surface area contributed by atoms with Crippen LogP contribution in [-0.4, -0.2) is 11.1 Å². The van der Waals surface area contributed by atoms with Gasteiger partial charge in [-0.2, -0.15) is 0 Å². The van der Waals surface area contributed by atoms with Gasteiger partial charge in [-0.25, -0.2) is 4.79 Å². The molecule has 84 valence electrons. The first-order valence-corrected chi connectivity index (χ1v) is 5.04. The zero-order chi connectivity index (χ0) is 10.6. The first kappa shape index (κ1) is 13.9. The lowest BCUT2D eigenvalue weighted by Gasteiger charge is -2.03. The topological polar surface area (TPSA) is 72.3 Å². The molecule has 1 aromatic carbocycles. The summed E-state index contributed by atoms with van der Waals surface area (Å²) in [6.45, 7) is 2.11. The molecule has 3 nitrogen and oxygen atoms in total. The molecule has 0 heterocycles. The van der Waals surface area contributed by atoms with Crippen LogP contribution < -0.4 is 6.15 Å². The third kappa shape index (κ3) is 3.90. The predicted octanol–water partition coefficient (Wildman–Crippen LogP) is 3.54. The van der Waals surface area contributed by atoms with Gasteiger partial charge in [-0.1, -0.05) is 31.0 Å². The van der Waals surface area contributed by atoms with Gasteiger partial charge >= 0.3 is 5.97 Å². The summed E-state index contributed by atoms with van der Waals surface area (Å²) in [5.41, 5.74) is 1.27. The highest BCUT2D eigenvalue weighted by Crippen LogP contribution is 2.19.